The van der Waals surface area contributed by atoms with Crippen LogP contribution in [0.1, 0.15) is 0 Å². The highest BCUT2D eigenvalue weighted by Crippen LogP contribution is 2.36. The summed E-state index contributed by atoms with van der Waals surface area (Å²) >= 11 is 3.39. The third-order valence-corrected chi connectivity index (χ3v) is 5.91. The Bertz CT molecular complexity index is 1140. The van der Waals surface area contributed by atoms with E-state index in [0.717, 1.165) is 0 Å². The number of para-hydroxylation sites is 3. The molecule has 0 radical (unpaired) electrons. The number of carbonyl (C=O) groups is 1. The SMILES string of the molecule is NC(=O)N(c1ccccc1Br)c1ccccc1NS(=O)(=O)c1cccc(N)c1. The summed E-state index contributed by atoms with van der Waals surface area (Å²) in [5.41, 5.74) is 12.6. The quantitative estimate of drug-likeness (QED) is 0.497. The van der Waals surface area contributed by atoms with Gasteiger partial charge in [-0.1, -0.05) is 30.3 Å². The predicted molar refractivity (Wildman–Crippen MR) is 114 cm³/mol. The standard InChI is InChI=1S/C19H17BrN4O3S/c20-15-8-1-3-10-17(15)24(19(22)25)18-11-4-2-9-16(18)23-28(26,27)14-7-5-6-13(21)12-14/h1-12,23H,21H2,(H2,22,25). The molecule has 0 fully saturated rings. The average molecular weight is 461 g/mol. The number of carbonyl (C=O) groups excluding carboxylic acids is 1. The number of halogens is 1. The van der Waals surface area contributed by atoms with Crippen LogP contribution in [0.25, 0.3) is 0 Å². The van der Waals surface area contributed by atoms with Crippen molar-refractivity contribution in [3.63, 3.8) is 0 Å². The van der Waals surface area contributed by atoms with E-state index in [9.17, 15) is 13.2 Å². The molecular formula is C19H17BrN4O3S. The van der Waals surface area contributed by atoms with Gasteiger partial charge in [0, 0.05) is 10.2 Å². The summed E-state index contributed by atoms with van der Waals surface area (Å²) in [5, 5.41) is 0. The number of urea groups is 1. The van der Waals surface area contributed by atoms with Crippen molar-refractivity contribution < 1.29 is 13.2 Å². The monoisotopic (exact) mass is 460 g/mol. The Morgan fingerprint density at radius 2 is 1.57 bits per heavy atom. The van der Waals surface area contributed by atoms with Crippen molar-refractivity contribution in [2.24, 2.45) is 5.73 Å². The van der Waals surface area contributed by atoms with Gasteiger partial charge in [0.25, 0.3) is 10.0 Å². The minimum absolute atomic E-state index is 0.00817. The first-order valence-electron chi connectivity index (χ1n) is 8.11. The highest BCUT2D eigenvalue weighted by atomic mass is 79.9. The summed E-state index contributed by atoms with van der Waals surface area (Å²) in [5.74, 6) is 0. The van der Waals surface area contributed by atoms with E-state index < -0.39 is 16.1 Å². The van der Waals surface area contributed by atoms with E-state index in [2.05, 4.69) is 20.7 Å². The van der Waals surface area contributed by atoms with Gasteiger partial charge in [-0.25, -0.2) is 13.2 Å². The second-order valence-electron chi connectivity index (χ2n) is 5.82. The molecule has 0 aliphatic rings. The van der Waals surface area contributed by atoms with Gasteiger partial charge in [-0.15, -0.1) is 0 Å². The van der Waals surface area contributed by atoms with Crippen LogP contribution in [0, 0.1) is 0 Å². The Morgan fingerprint density at radius 3 is 2.21 bits per heavy atom. The topological polar surface area (TPSA) is 119 Å². The van der Waals surface area contributed by atoms with E-state index in [0.29, 0.717) is 15.8 Å². The van der Waals surface area contributed by atoms with Crippen LogP contribution in [0.15, 0.2) is 82.2 Å². The summed E-state index contributed by atoms with van der Waals surface area (Å²) < 4.78 is 28.7. The van der Waals surface area contributed by atoms with E-state index in [1.807, 2.05) is 0 Å². The van der Waals surface area contributed by atoms with Gasteiger partial charge in [-0.05, 0) is 58.4 Å². The maximum Gasteiger partial charge on any atom is 0.323 e. The number of primary amides is 1. The number of anilines is 4. The molecule has 9 heteroatoms. The number of nitrogens with zero attached hydrogens (tertiary/aromatic N) is 1. The van der Waals surface area contributed by atoms with E-state index in [1.54, 1.807) is 60.7 Å². The number of nitrogens with two attached hydrogens (primary N) is 2. The van der Waals surface area contributed by atoms with Gasteiger partial charge >= 0.3 is 6.03 Å². The molecule has 2 amide bonds. The van der Waals surface area contributed by atoms with Crippen LogP contribution in [-0.4, -0.2) is 14.4 Å². The molecule has 0 atom stereocenters. The summed E-state index contributed by atoms with van der Waals surface area (Å²) in [6.45, 7) is 0. The van der Waals surface area contributed by atoms with Gasteiger partial charge < -0.3 is 11.5 Å². The molecule has 0 aliphatic carbocycles. The number of benzene rings is 3. The zero-order valence-corrected chi connectivity index (χ0v) is 16.9. The fraction of sp³-hybridized carbons (Fsp3) is 0. The number of sulfonamides is 1. The summed E-state index contributed by atoms with van der Waals surface area (Å²) in [6.07, 6.45) is 0. The molecule has 0 aliphatic heterocycles. The van der Waals surface area contributed by atoms with Crippen molar-refractivity contribution in [1.29, 1.82) is 0 Å². The maximum absolute atomic E-state index is 12.8. The zero-order valence-electron chi connectivity index (χ0n) is 14.5. The van der Waals surface area contributed by atoms with Gasteiger partial charge in [-0.2, -0.15) is 0 Å². The molecule has 28 heavy (non-hydrogen) atoms. The van der Waals surface area contributed by atoms with Gasteiger partial charge in [-0.3, -0.25) is 9.62 Å². The molecular weight excluding hydrogens is 444 g/mol. The van der Waals surface area contributed by atoms with Gasteiger partial charge in [0.2, 0.25) is 0 Å². The molecule has 3 aromatic carbocycles. The molecule has 0 saturated carbocycles. The Morgan fingerprint density at radius 1 is 0.929 bits per heavy atom. The lowest BCUT2D eigenvalue weighted by Crippen LogP contribution is -2.32. The summed E-state index contributed by atoms with van der Waals surface area (Å²) in [6, 6.07) is 18.6. The highest BCUT2D eigenvalue weighted by Gasteiger charge is 2.23. The fourth-order valence-corrected chi connectivity index (χ4v) is 4.23. The summed E-state index contributed by atoms with van der Waals surface area (Å²) in [4.78, 5) is 13.5. The lowest BCUT2D eigenvalue weighted by atomic mass is 10.2. The van der Waals surface area contributed by atoms with Crippen molar-refractivity contribution in [3.05, 3.63) is 77.3 Å². The third kappa shape index (κ3) is 4.10. The van der Waals surface area contributed by atoms with Crippen molar-refractivity contribution in [2.45, 2.75) is 4.90 Å². The molecule has 0 spiro atoms. The molecule has 3 aromatic rings. The smallest absolute Gasteiger partial charge is 0.323 e. The van der Waals surface area contributed by atoms with Crippen LogP contribution in [0.3, 0.4) is 0 Å². The Hall–Kier alpha value is -3.04. The molecule has 0 bridgehead atoms. The second kappa shape index (κ2) is 7.91. The fourth-order valence-electron chi connectivity index (χ4n) is 2.64. The van der Waals surface area contributed by atoms with Gasteiger partial charge in [0.1, 0.15) is 0 Å². The highest BCUT2D eigenvalue weighted by molar-refractivity contribution is 9.10. The predicted octanol–water partition coefficient (Wildman–Crippen LogP) is 4.05. The van der Waals surface area contributed by atoms with Crippen LogP contribution in [0.5, 0.6) is 0 Å². The minimum atomic E-state index is -3.93. The zero-order chi connectivity index (χ0) is 20.3. The van der Waals surface area contributed by atoms with Crippen molar-refractivity contribution in [1.82, 2.24) is 0 Å². The first-order valence-corrected chi connectivity index (χ1v) is 10.4. The van der Waals surface area contributed by atoms with Crippen LogP contribution in [0.4, 0.5) is 27.5 Å². The molecule has 0 heterocycles. The Kier molecular flexibility index (Phi) is 5.57. The maximum atomic E-state index is 12.8. The van der Waals surface area contributed by atoms with Crippen molar-refractivity contribution in [3.8, 4) is 0 Å². The summed E-state index contributed by atoms with van der Waals surface area (Å²) in [7, 11) is -3.93. The molecule has 0 saturated heterocycles. The first-order chi connectivity index (χ1) is 13.3. The van der Waals surface area contributed by atoms with Crippen molar-refractivity contribution >= 4 is 54.7 Å². The van der Waals surface area contributed by atoms with E-state index in [1.165, 1.54) is 17.0 Å². The number of nitrogen functional groups attached to an aromatic ring is 1. The molecule has 7 nitrogen and oxygen atoms in total. The number of rotatable bonds is 5. The minimum Gasteiger partial charge on any atom is -0.399 e. The van der Waals surface area contributed by atoms with Crippen LogP contribution >= 0.6 is 15.9 Å². The van der Waals surface area contributed by atoms with Crippen molar-refractivity contribution in [2.75, 3.05) is 15.4 Å². The number of amides is 2. The lowest BCUT2D eigenvalue weighted by Gasteiger charge is -2.24. The molecule has 0 unspecified atom stereocenters. The lowest BCUT2D eigenvalue weighted by molar-refractivity contribution is 0.256. The molecule has 3 rings (SSSR count). The van der Waals surface area contributed by atoms with Crippen LogP contribution < -0.4 is 21.1 Å². The van der Waals surface area contributed by atoms with Crippen LogP contribution in [0.2, 0.25) is 0 Å². The second-order valence-corrected chi connectivity index (χ2v) is 8.36. The van der Waals surface area contributed by atoms with Gasteiger partial charge in [0.05, 0.1) is 22.0 Å². The molecule has 0 aromatic heterocycles. The normalized spacial score (nSPS) is 11.0. The van der Waals surface area contributed by atoms with E-state index >= 15 is 0 Å². The Balaban J connectivity index is 2.08. The largest absolute Gasteiger partial charge is 0.399 e. The third-order valence-electron chi connectivity index (χ3n) is 3.87. The number of nitrogens with one attached hydrogen (secondary N) is 1. The number of hydrogen-bond acceptors (Lipinski definition) is 4. The number of hydrogen-bond donors (Lipinski definition) is 3. The van der Waals surface area contributed by atoms with Crippen LogP contribution in [-0.2, 0) is 10.0 Å². The van der Waals surface area contributed by atoms with Gasteiger partial charge in [0.15, 0.2) is 0 Å². The van der Waals surface area contributed by atoms with E-state index in [-0.39, 0.29) is 16.3 Å². The van der Waals surface area contributed by atoms with E-state index in [4.69, 9.17) is 11.5 Å². The molecule has 5 N–H and O–H groups in total. The Labute approximate surface area is 171 Å². The first kappa shape index (κ1) is 19.7. The average Bonchev–Trinajstić information content (AvgIpc) is 2.64. The molecule has 144 valence electrons.